The topological polar surface area (TPSA) is 76.3 Å². The number of hydrogen-bond donors (Lipinski definition) is 3. The van der Waals surface area contributed by atoms with Crippen molar-refractivity contribution in [2.75, 3.05) is 52.4 Å². The molecule has 0 radical (unpaired) electrons. The van der Waals surface area contributed by atoms with Crippen LogP contribution < -0.4 is 10.6 Å². The monoisotopic (exact) mass is 349 g/mol. The van der Waals surface area contributed by atoms with Crippen LogP contribution >= 0.6 is 0 Å². The van der Waals surface area contributed by atoms with Crippen LogP contribution in [0.2, 0.25) is 0 Å². The lowest BCUT2D eigenvalue weighted by Crippen LogP contribution is -2.63. The molecule has 2 atom stereocenters. The summed E-state index contributed by atoms with van der Waals surface area (Å²) < 4.78 is 5.56. The number of hydrogen-bond acceptors (Lipinski definition) is 5. The van der Waals surface area contributed by atoms with E-state index in [9.17, 15) is 5.11 Å². The van der Waals surface area contributed by atoms with Crippen LogP contribution in [-0.4, -0.2) is 79.3 Å². The van der Waals surface area contributed by atoms with E-state index in [1.165, 1.54) is 13.1 Å². The zero-order chi connectivity index (χ0) is 17.9. The molecule has 0 aromatic carbocycles. The summed E-state index contributed by atoms with van der Waals surface area (Å²) in [6.45, 7) is 13.4. The SMILES string of the molecule is CCNC(=NCC(C)(O)c1ccc(C)o1)NCC1CN2CCN1CC2. The largest absolute Gasteiger partial charge is 0.463 e. The summed E-state index contributed by atoms with van der Waals surface area (Å²) in [5.41, 5.74) is -1.12. The first-order valence-corrected chi connectivity index (χ1v) is 9.26. The molecule has 1 aromatic heterocycles. The molecule has 25 heavy (non-hydrogen) atoms. The minimum atomic E-state index is -1.12. The first-order chi connectivity index (χ1) is 12.0. The maximum absolute atomic E-state index is 10.6. The molecule has 7 nitrogen and oxygen atoms in total. The van der Waals surface area contributed by atoms with Crippen molar-refractivity contribution in [3.8, 4) is 0 Å². The highest BCUT2D eigenvalue weighted by Crippen LogP contribution is 2.23. The molecule has 0 spiro atoms. The van der Waals surface area contributed by atoms with Gasteiger partial charge in [-0.15, -0.1) is 0 Å². The number of rotatable bonds is 6. The van der Waals surface area contributed by atoms with Crippen LogP contribution in [0.1, 0.15) is 25.4 Å². The van der Waals surface area contributed by atoms with Gasteiger partial charge in [-0.1, -0.05) is 0 Å². The standard InChI is InChI=1S/C18H31N5O2/c1-4-19-17(20-11-15-12-22-7-9-23(15)10-8-22)21-13-18(3,24)16-6-5-14(2)25-16/h5-6,15,24H,4,7-13H2,1-3H3,(H2,19,20,21). The molecule has 3 aliphatic heterocycles. The molecule has 4 heterocycles. The molecule has 3 fully saturated rings. The molecule has 2 bridgehead atoms. The summed E-state index contributed by atoms with van der Waals surface area (Å²) in [5, 5.41) is 17.3. The third-order valence-electron chi connectivity index (χ3n) is 5.06. The number of aliphatic imine (C=N–C) groups is 1. The van der Waals surface area contributed by atoms with E-state index in [-0.39, 0.29) is 6.54 Å². The zero-order valence-electron chi connectivity index (χ0n) is 15.6. The van der Waals surface area contributed by atoms with Crippen molar-refractivity contribution in [2.45, 2.75) is 32.4 Å². The van der Waals surface area contributed by atoms with Crippen LogP contribution in [0.15, 0.2) is 21.5 Å². The molecule has 3 saturated heterocycles. The molecule has 3 N–H and O–H groups in total. The maximum Gasteiger partial charge on any atom is 0.191 e. The second kappa shape index (κ2) is 7.76. The van der Waals surface area contributed by atoms with Crippen LogP contribution in [0.4, 0.5) is 0 Å². The molecule has 0 saturated carbocycles. The van der Waals surface area contributed by atoms with Crippen LogP contribution in [0.25, 0.3) is 0 Å². The summed E-state index contributed by atoms with van der Waals surface area (Å²) >= 11 is 0. The van der Waals surface area contributed by atoms with Crippen molar-refractivity contribution < 1.29 is 9.52 Å². The quantitative estimate of drug-likeness (QED) is 0.508. The van der Waals surface area contributed by atoms with Crippen molar-refractivity contribution in [1.29, 1.82) is 0 Å². The molecule has 2 unspecified atom stereocenters. The zero-order valence-corrected chi connectivity index (χ0v) is 15.6. The highest BCUT2D eigenvalue weighted by molar-refractivity contribution is 5.79. The Morgan fingerprint density at radius 2 is 2.08 bits per heavy atom. The first kappa shape index (κ1) is 18.2. The van der Waals surface area contributed by atoms with Crippen LogP contribution in [0, 0.1) is 6.92 Å². The predicted molar refractivity (Wildman–Crippen MR) is 98.8 cm³/mol. The second-order valence-corrected chi connectivity index (χ2v) is 7.25. The van der Waals surface area contributed by atoms with Crippen LogP contribution in [0.3, 0.4) is 0 Å². The molecule has 140 valence electrons. The Labute approximate surface area is 150 Å². The van der Waals surface area contributed by atoms with Gasteiger partial charge in [0.2, 0.25) is 0 Å². The number of piperazine rings is 3. The predicted octanol–water partition coefficient (Wildman–Crippen LogP) is 0.350. The second-order valence-electron chi connectivity index (χ2n) is 7.25. The average Bonchev–Trinajstić information content (AvgIpc) is 3.06. The lowest BCUT2D eigenvalue weighted by atomic mass is 10.0. The molecule has 7 heteroatoms. The van der Waals surface area contributed by atoms with Crippen molar-refractivity contribution in [3.63, 3.8) is 0 Å². The fourth-order valence-corrected chi connectivity index (χ4v) is 3.51. The Morgan fingerprint density at radius 1 is 1.32 bits per heavy atom. The van der Waals surface area contributed by atoms with Gasteiger partial charge in [0.05, 0.1) is 6.54 Å². The van der Waals surface area contributed by atoms with E-state index < -0.39 is 5.60 Å². The van der Waals surface area contributed by atoms with Gasteiger partial charge in [-0.3, -0.25) is 9.80 Å². The highest BCUT2D eigenvalue weighted by atomic mass is 16.4. The third kappa shape index (κ3) is 4.54. The fraction of sp³-hybridized carbons (Fsp3) is 0.722. The number of aryl methyl sites for hydroxylation is 1. The maximum atomic E-state index is 10.6. The van der Waals surface area contributed by atoms with Gasteiger partial charge in [0.25, 0.3) is 0 Å². The van der Waals surface area contributed by atoms with Gasteiger partial charge in [-0.05, 0) is 32.9 Å². The van der Waals surface area contributed by atoms with Crippen molar-refractivity contribution in [3.05, 3.63) is 23.7 Å². The molecular weight excluding hydrogens is 318 g/mol. The summed E-state index contributed by atoms with van der Waals surface area (Å²) in [6.07, 6.45) is 0. The summed E-state index contributed by atoms with van der Waals surface area (Å²) in [7, 11) is 0. The molecule has 4 rings (SSSR count). The van der Waals surface area contributed by atoms with E-state index in [4.69, 9.17) is 4.42 Å². The number of aliphatic hydroxyl groups is 1. The van der Waals surface area contributed by atoms with Gasteiger partial charge in [-0.25, -0.2) is 4.99 Å². The average molecular weight is 349 g/mol. The Morgan fingerprint density at radius 3 is 2.64 bits per heavy atom. The minimum Gasteiger partial charge on any atom is -0.463 e. The number of nitrogens with zero attached hydrogens (tertiary/aromatic N) is 3. The molecule has 0 amide bonds. The normalized spacial score (nSPS) is 28.6. The first-order valence-electron chi connectivity index (χ1n) is 9.26. The van der Waals surface area contributed by atoms with Crippen LogP contribution in [-0.2, 0) is 5.60 Å². The smallest absolute Gasteiger partial charge is 0.191 e. The molecule has 1 aromatic rings. The lowest BCUT2D eigenvalue weighted by molar-refractivity contribution is 0.0153. The van der Waals surface area contributed by atoms with Gasteiger partial charge >= 0.3 is 0 Å². The van der Waals surface area contributed by atoms with E-state index in [1.54, 1.807) is 6.92 Å². The minimum absolute atomic E-state index is 0.246. The Kier molecular flexibility index (Phi) is 5.66. The summed E-state index contributed by atoms with van der Waals surface area (Å²) in [5.74, 6) is 2.08. The highest BCUT2D eigenvalue weighted by Gasteiger charge is 2.32. The summed E-state index contributed by atoms with van der Waals surface area (Å²) in [4.78, 5) is 9.65. The number of fused-ring (bicyclic) bond motifs is 3. The molecule has 0 aliphatic carbocycles. The lowest BCUT2D eigenvalue weighted by Gasteiger charge is -2.47. The third-order valence-corrected chi connectivity index (χ3v) is 5.06. The summed E-state index contributed by atoms with van der Waals surface area (Å²) in [6, 6.07) is 4.20. The molecule has 3 aliphatic rings. The van der Waals surface area contributed by atoms with Gasteiger partial charge in [0.1, 0.15) is 17.1 Å². The van der Waals surface area contributed by atoms with Crippen molar-refractivity contribution in [1.82, 2.24) is 20.4 Å². The van der Waals surface area contributed by atoms with Gasteiger partial charge in [0, 0.05) is 51.9 Å². The van der Waals surface area contributed by atoms with E-state index in [2.05, 4.69) is 25.4 Å². The van der Waals surface area contributed by atoms with Crippen LogP contribution in [0.5, 0.6) is 0 Å². The number of furan rings is 1. The van der Waals surface area contributed by atoms with E-state index in [0.29, 0.717) is 11.8 Å². The number of guanidine groups is 1. The van der Waals surface area contributed by atoms with Crippen molar-refractivity contribution in [2.24, 2.45) is 4.99 Å². The van der Waals surface area contributed by atoms with Crippen molar-refractivity contribution >= 4 is 5.96 Å². The Hall–Kier alpha value is -1.57. The van der Waals surface area contributed by atoms with Gasteiger partial charge < -0.3 is 20.2 Å². The van der Waals surface area contributed by atoms with E-state index in [1.807, 2.05) is 26.0 Å². The fourth-order valence-electron chi connectivity index (χ4n) is 3.51. The van der Waals surface area contributed by atoms with E-state index in [0.717, 1.165) is 44.4 Å². The number of nitrogens with one attached hydrogen (secondary N) is 2. The molecular formula is C18H31N5O2. The van der Waals surface area contributed by atoms with Gasteiger partial charge in [-0.2, -0.15) is 0 Å². The Balaban J connectivity index is 1.57. The Bertz CT molecular complexity index is 590. The van der Waals surface area contributed by atoms with Gasteiger partial charge in [0.15, 0.2) is 5.96 Å². The van der Waals surface area contributed by atoms with E-state index >= 15 is 0 Å².